The Morgan fingerprint density at radius 1 is 1.09 bits per heavy atom. The van der Waals surface area contributed by atoms with Gasteiger partial charge in [0.15, 0.2) is 0 Å². The third kappa shape index (κ3) is 5.17. The lowest BCUT2D eigenvalue weighted by atomic mass is 10.2. The molecule has 1 fully saturated rings. The highest BCUT2D eigenvalue weighted by Crippen LogP contribution is 2.30. The molecule has 5 rings (SSSR count). The minimum absolute atomic E-state index is 0.0965. The van der Waals surface area contributed by atoms with Crippen molar-refractivity contribution < 1.29 is 22.6 Å². The van der Waals surface area contributed by atoms with Gasteiger partial charge < -0.3 is 24.7 Å². The first-order chi connectivity index (χ1) is 16.9. The molecule has 1 saturated heterocycles. The Morgan fingerprint density at radius 2 is 1.89 bits per heavy atom. The first kappa shape index (κ1) is 23.0. The molecule has 0 atom stereocenters. The molecule has 0 bridgehead atoms. The molecule has 7 nitrogen and oxygen atoms in total. The minimum atomic E-state index is -4.43. The Hall–Kier alpha value is -3.79. The lowest BCUT2D eigenvalue weighted by Crippen LogP contribution is -2.40. The van der Waals surface area contributed by atoms with Crippen molar-refractivity contribution in [1.82, 2.24) is 14.5 Å². The summed E-state index contributed by atoms with van der Waals surface area (Å²) in [6, 6.07) is 15.9. The fourth-order valence-corrected chi connectivity index (χ4v) is 3.81. The number of halogens is 3. The van der Waals surface area contributed by atoms with Crippen molar-refractivity contribution in [1.29, 1.82) is 0 Å². The number of hydrogen-bond donors (Lipinski definition) is 2. The van der Waals surface area contributed by atoms with Crippen molar-refractivity contribution in [3.05, 3.63) is 71.9 Å². The summed E-state index contributed by atoms with van der Waals surface area (Å²) in [4.78, 5) is 8.47. The summed E-state index contributed by atoms with van der Waals surface area (Å²) in [5, 5.41) is 6.86. The molecule has 3 heterocycles. The van der Waals surface area contributed by atoms with Crippen LogP contribution in [0.2, 0.25) is 0 Å². The number of alkyl halides is 3. The molecular formula is C25H24F3N5O2. The van der Waals surface area contributed by atoms with E-state index in [9.17, 15) is 13.2 Å². The molecule has 10 heteroatoms. The zero-order valence-electron chi connectivity index (χ0n) is 19.0. The van der Waals surface area contributed by atoms with Gasteiger partial charge in [-0.1, -0.05) is 12.1 Å². The Balaban J connectivity index is 1.23. The zero-order chi connectivity index (χ0) is 24.4. The number of imidazole rings is 1. The van der Waals surface area contributed by atoms with E-state index in [1.165, 1.54) is 6.07 Å². The van der Waals surface area contributed by atoms with E-state index in [0.717, 1.165) is 60.3 Å². The van der Waals surface area contributed by atoms with Gasteiger partial charge in [0.25, 0.3) is 0 Å². The Bertz CT molecular complexity index is 1300. The van der Waals surface area contributed by atoms with Gasteiger partial charge in [-0.15, -0.1) is 0 Å². The van der Waals surface area contributed by atoms with Crippen molar-refractivity contribution in [2.45, 2.75) is 32.2 Å². The molecular weight excluding hydrogens is 459 g/mol. The second-order valence-electron chi connectivity index (χ2n) is 8.24. The smallest absolute Gasteiger partial charge is 0.417 e. The number of hydrogen-bond acceptors (Lipinski definition) is 6. The van der Waals surface area contributed by atoms with E-state index in [-0.39, 0.29) is 5.88 Å². The van der Waals surface area contributed by atoms with Gasteiger partial charge in [0.1, 0.15) is 5.75 Å². The van der Waals surface area contributed by atoms with Crippen LogP contribution in [0.4, 0.5) is 24.8 Å². The van der Waals surface area contributed by atoms with Gasteiger partial charge in [0.2, 0.25) is 11.8 Å². The van der Waals surface area contributed by atoms with Crippen LogP contribution in [0.15, 0.2) is 60.8 Å². The molecule has 0 radical (unpaired) electrons. The Labute approximate surface area is 199 Å². The lowest BCUT2D eigenvalue weighted by molar-refractivity contribution is -0.137. The first-order valence-corrected chi connectivity index (χ1v) is 11.3. The molecule has 1 aliphatic heterocycles. The van der Waals surface area contributed by atoms with E-state index in [2.05, 4.69) is 33.2 Å². The van der Waals surface area contributed by atoms with Crippen LogP contribution in [0, 0.1) is 0 Å². The molecule has 0 spiro atoms. The molecule has 1 aliphatic rings. The minimum Gasteiger partial charge on any atom is -0.439 e. The predicted molar refractivity (Wildman–Crippen MR) is 127 cm³/mol. The van der Waals surface area contributed by atoms with E-state index in [1.807, 2.05) is 24.3 Å². The molecule has 2 aromatic heterocycles. The number of rotatable bonds is 8. The Morgan fingerprint density at radius 3 is 2.51 bits per heavy atom. The molecule has 2 N–H and O–H groups in total. The van der Waals surface area contributed by atoms with Crippen LogP contribution in [0.1, 0.15) is 18.1 Å². The molecule has 0 aliphatic carbocycles. The van der Waals surface area contributed by atoms with E-state index in [0.29, 0.717) is 18.3 Å². The predicted octanol–water partition coefficient (Wildman–Crippen LogP) is 5.69. The van der Waals surface area contributed by atoms with Crippen LogP contribution < -0.4 is 15.4 Å². The summed E-state index contributed by atoms with van der Waals surface area (Å²) in [5.41, 5.74) is 3.19. The molecule has 2 aromatic carbocycles. The highest BCUT2D eigenvalue weighted by atomic mass is 19.4. The molecule has 4 aromatic rings. The van der Waals surface area contributed by atoms with Crippen molar-refractivity contribution in [3.8, 4) is 11.6 Å². The normalized spacial score (nSPS) is 14.1. The molecule has 0 saturated carbocycles. The van der Waals surface area contributed by atoms with Crippen molar-refractivity contribution in [2.75, 3.05) is 23.8 Å². The summed E-state index contributed by atoms with van der Waals surface area (Å²) in [5.74, 6) is 1.36. The number of aromatic nitrogens is 3. The van der Waals surface area contributed by atoms with Crippen LogP contribution in [-0.4, -0.2) is 33.8 Å². The van der Waals surface area contributed by atoms with Crippen molar-refractivity contribution in [3.63, 3.8) is 0 Å². The largest absolute Gasteiger partial charge is 0.439 e. The average molecular weight is 483 g/mol. The number of anilines is 2. The number of aryl methyl sites for hydroxylation is 1. The highest BCUT2D eigenvalue weighted by Gasteiger charge is 2.30. The fraction of sp³-hybridized carbons (Fsp3) is 0.280. The highest BCUT2D eigenvalue weighted by molar-refractivity contribution is 5.82. The number of nitrogens with one attached hydrogen (secondary N) is 2. The van der Waals surface area contributed by atoms with Gasteiger partial charge in [0, 0.05) is 31.0 Å². The van der Waals surface area contributed by atoms with E-state index >= 15 is 0 Å². The summed E-state index contributed by atoms with van der Waals surface area (Å²) >= 11 is 0. The number of pyridine rings is 1. The van der Waals surface area contributed by atoms with Crippen LogP contribution in [0.5, 0.6) is 11.6 Å². The van der Waals surface area contributed by atoms with Gasteiger partial charge in [0.05, 0.1) is 35.9 Å². The van der Waals surface area contributed by atoms with Gasteiger partial charge in [-0.3, -0.25) is 0 Å². The number of benzene rings is 2. The first-order valence-electron chi connectivity index (χ1n) is 11.3. The molecule has 182 valence electrons. The van der Waals surface area contributed by atoms with Gasteiger partial charge in [-0.25, -0.2) is 9.97 Å². The van der Waals surface area contributed by atoms with E-state index in [4.69, 9.17) is 14.5 Å². The number of fused-ring (bicyclic) bond motifs is 1. The standard InChI is InChI=1S/C25H24F3N5O2/c1-2-33-22-11-18(31-19-14-34-15-19)6-9-21(22)32-24(33)30-12-16-3-7-20(8-4-16)35-23-10-5-17(13-29-23)25(26,27)28/h3-11,13,19,31H,2,12,14-15H2,1H3,(H,30,32). The Kier molecular flexibility index (Phi) is 6.21. The summed E-state index contributed by atoms with van der Waals surface area (Å²) in [6.07, 6.45) is -3.67. The summed E-state index contributed by atoms with van der Waals surface area (Å²) in [6.45, 7) is 4.84. The quantitative estimate of drug-likeness (QED) is 0.336. The molecule has 0 unspecified atom stereocenters. The maximum absolute atomic E-state index is 12.7. The molecule has 0 amide bonds. The van der Waals surface area contributed by atoms with Gasteiger partial charge >= 0.3 is 6.18 Å². The lowest BCUT2D eigenvalue weighted by Gasteiger charge is -2.27. The maximum Gasteiger partial charge on any atom is 0.417 e. The van der Waals surface area contributed by atoms with E-state index in [1.54, 1.807) is 12.1 Å². The van der Waals surface area contributed by atoms with Crippen molar-refractivity contribution >= 4 is 22.7 Å². The van der Waals surface area contributed by atoms with Crippen LogP contribution in [-0.2, 0) is 24.0 Å². The second kappa shape index (κ2) is 9.46. The zero-order valence-corrected chi connectivity index (χ0v) is 19.0. The van der Waals surface area contributed by atoms with Crippen LogP contribution >= 0.6 is 0 Å². The van der Waals surface area contributed by atoms with Crippen LogP contribution in [0.3, 0.4) is 0 Å². The summed E-state index contributed by atoms with van der Waals surface area (Å²) in [7, 11) is 0. The average Bonchev–Trinajstić information content (AvgIpc) is 3.17. The summed E-state index contributed by atoms with van der Waals surface area (Å²) < 4.78 is 50.9. The fourth-order valence-electron chi connectivity index (χ4n) is 3.81. The maximum atomic E-state index is 12.7. The van der Waals surface area contributed by atoms with Crippen LogP contribution in [0.25, 0.3) is 11.0 Å². The van der Waals surface area contributed by atoms with Gasteiger partial charge in [-0.05, 0) is 48.9 Å². The number of ether oxygens (including phenoxy) is 2. The molecule has 35 heavy (non-hydrogen) atoms. The van der Waals surface area contributed by atoms with Crippen molar-refractivity contribution in [2.24, 2.45) is 0 Å². The topological polar surface area (TPSA) is 73.2 Å². The third-order valence-corrected chi connectivity index (χ3v) is 5.73. The van der Waals surface area contributed by atoms with E-state index < -0.39 is 11.7 Å². The monoisotopic (exact) mass is 483 g/mol. The SMILES string of the molecule is CCn1c(NCc2ccc(Oc3ccc(C(F)(F)F)cn3)cc2)nc2ccc(NC3COC3)cc21. The second-order valence-corrected chi connectivity index (χ2v) is 8.24. The number of nitrogens with zero attached hydrogens (tertiary/aromatic N) is 3. The third-order valence-electron chi connectivity index (χ3n) is 5.73. The van der Waals surface area contributed by atoms with Gasteiger partial charge in [-0.2, -0.15) is 13.2 Å².